The molecular weight excluding hydrogens is 340 g/mol. The molecule has 4 nitrogen and oxygen atoms in total. The molecule has 0 unspecified atom stereocenters. The van der Waals surface area contributed by atoms with Gasteiger partial charge in [-0.25, -0.2) is 8.78 Å². The van der Waals surface area contributed by atoms with E-state index in [-0.39, 0.29) is 5.04 Å². The van der Waals surface area contributed by atoms with Gasteiger partial charge in [-0.3, -0.25) is 0 Å². The SMILES string of the molecule is C[C@@H](O[Si](C)(C)C(C)(C)C)[C@@H](N[S@@+]([O-])C(C)(C)C)C(F)(F)CO. The lowest BCUT2D eigenvalue weighted by molar-refractivity contribution is -0.0980. The van der Waals surface area contributed by atoms with Gasteiger partial charge in [0.25, 0.3) is 5.92 Å². The molecule has 8 heteroatoms. The highest BCUT2D eigenvalue weighted by Gasteiger charge is 2.49. The number of halogens is 2. The van der Waals surface area contributed by atoms with E-state index in [0.717, 1.165) is 0 Å². The first-order valence-electron chi connectivity index (χ1n) is 7.80. The number of alkyl halides is 2. The maximum absolute atomic E-state index is 14.2. The third-order valence-electron chi connectivity index (χ3n) is 4.21. The van der Waals surface area contributed by atoms with E-state index in [2.05, 4.69) is 4.72 Å². The van der Waals surface area contributed by atoms with Crippen molar-refractivity contribution in [3.8, 4) is 0 Å². The van der Waals surface area contributed by atoms with Gasteiger partial charge in [0.2, 0.25) is 0 Å². The molecule has 0 saturated heterocycles. The van der Waals surface area contributed by atoms with Crippen molar-refractivity contribution in [3.05, 3.63) is 0 Å². The van der Waals surface area contributed by atoms with Crippen LogP contribution in [0.5, 0.6) is 0 Å². The van der Waals surface area contributed by atoms with Gasteiger partial charge in [-0.1, -0.05) is 20.8 Å². The molecule has 23 heavy (non-hydrogen) atoms. The van der Waals surface area contributed by atoms with Crippen molar-refractivity contribution in [2.45, 2.75) is 89.4 Å². The van der Waals surface area contributed by atoms with Crippen LogP contribution in [-0.4, -0.2) is 47.4 Å². The van der Waals surface area contributed by atoms with Crippen molar-refractivity contribution in [1.29, 1.82) is 0 Å². The molecule has 3 atom stereocenters. The van der Waals surface area contributed by atoms with Gasteiger partial charge in [0, 0.05) is 11.4 Å². The summed E-state index contributed by atoms with van der Waals surface area (Å²) in [6.07, 6.45) is -0.885. The molecule has 0 aliphatic rings. The van der Waals surface area contributed by atoms with Crippen molar-refractivity contribution in [2.75, 3.05) is 6.61 Å². The van der Waals surface area contributed by atoms with Crippen molar-refractivity contribution in [3.63, 3.8) is 0 Å². The molecule has 0 rings (SSSR count). The van der Waals surface area contributed by atoms with E-state index >= 15 is 0 Å². The van der Waals surface area contributed by atoms with Crippen LogP contribution in [0.25, 0.3) is 0 Å². The van der Waals surface area contributed by atoms with Gasteiger partial charge in [0.15, 0.2) is 8.32 Å². The zero-order valence-corrected chi connectivity index (χ0v) is 17.6. The van der Waals surface area contributed by atoms with Crippen LogP contribution in [0, 0.1) is 0 Å². The normalized spacial score (nSPS) is 18.7. The topological polar surface area (TPSA) is 64.5 Å². The fraction of sp³-hybridized carbons (Fsp3) is 1.00. The molecule has 2 N–H and O–H groups in total. The number of aliphatic hydroxyl groups excluding tert-OH is 1. The van der Waals surface area contributed by atoms with Crippen LogP contribution in [-0.2, 0) is 15.8 Å². The minimum absolute atomic E-state index is 0.135. The molecule has 0 aliphatic heterocycles. The molecule has 0 heterocycles. The summed E-state index contributed by atoms with van der Waals surface area (Å²) < 4.78 is 48.4. The Labute approximate surface area is 143 Å². The van der Waals surface area contributed by atoms with Crippen molar-refractivity contribution < 1.29 is 22.9 Å². The molecule has 0 bridgehead atoms. The van der Waals surface area contributed by atoms with Crippen LogP contribution in [0.2, 0.25) is 18.1 Å². The quantitative estimate of drug-likeness (QED) is 0.530. The standard InChI is InChI=1S/C15H33F2NO3SSi/c1-11(21-23(8,9)14(5,6)7)12(15(16,17)10-19)18-22(20)13(2,3)4/h11-12,18-19H,10H2,1-9H3/t11-,12-,22+/m1/s1. The highest BCUT2D eigenvalue weighted by atomic mass is 32.2. The van der Waals surface area contributed by atoms with E-state index in [0.29, 0.717) is 0 Å². The Balaban J connectivity index is 5.38. The second kappa shape index (κ2) is 7.66. The number of hydrogen-bond donors (Lipinski definition) is 2. The van der Waals surface area contributed by atoms with Crippen LogP contribution in [0.4, 0.5) is 8.78 Å². The summed E-state index contributed by atoms with van der Waals surface area (Å²) >= 11 is -1.69. The van der Waals surface area contributed by atoms with Crippen LogP contribution in [0.1, 0.15) is 48.5 Å². The van der Waals surface area contributed by atoms with Crippen molar-refractivity contribution in [1.82, 2.24) is 4.72 Å². The van der Waals surface area contributed by atoms with E-state index in [1.54, 1.807) is 27.7 Å². The van der Waals surface area contributed by atoms with Crippen molar-refractivity contribution >= 4 is 19.7 Å². The lowest BCUT2D eigenvalue weighted by Gasteiger charge is -2.42. The minimum atomic E-state index is -3.43. The Morgan fingerprint density at radius 2 is 1.61 bits per heavy atom. The molecule has 0 amide bonds. The Hall–Kier alpha value is 0.267. The maximum atomic E-state index is 14.2. The summed E-state index contributed by atoms with van der Waals surface area (Å²) in [5.41, 5.74) is 0. The summed E-state index contributed by atoms with van der Waals surface area (Å²) in [7, 11) is -2.27. The lowest BCUT2D eigenvalue weighted by atomic mass is 10.1. The Bertz CT molecular complexity index is 384. The Morgan fingerprint density at radius 3 is 1.91 bits per heavy atom. The maximum Gasteiger partial charge on any atom is 0.292 e. The van der Waals surface area contributed by atoms with Crippen LogP contribution in [0.15, 0.2) is 0 Å². The summed E-state index contributed by atoms with van der Waals surface area (Å²) in [5.74, 6) is -3.43. The zero-order valence-electron chi connectivity index (χ0n) is 15.8. The molecule has 0 saturated carbocycles. The monoisotopic (exact) mass is 373 g/mol. The lowest BCUT2D eigenvalue weighted by Crippen LogP contribution is -2.60. The average molecular weight is 374 g/mol. The molecule has 140 valence electrons. The predicted molar refractivity (Wildman–Crippen MR) is 94.6 cm³/mol. The second-order valence-electron chi connectivity index (χ2n) is 8.48. The van der Waals surface area contributed by atoms with Gasteiger partial charge in [-0.05, 0) is 45.8 Å². The van der Waals surface area contributed by atoms with Gasteiger partial charge in [0.1, 0.15) is 17.4 Å². The first-order chi connectivity index (χ1) is 9.95. The molecule has 0 spiro atoms. The van der Waals surface area contributed by atoms with Gasteiger partial charge >= 0.3 is 0 Å². The first-order valence-corrected chi connectivity index (χ1v) is 11.9. The smallest absolute Gasteiger partial charge is 0.292 e. The van der Waals surface area contributed by atoms with E-state index in [1.807, 2.05) is 33.9 Å². The number of aliphatic hydroxyl groups is 1. The summed E-state index contributed by atoms with van der Waals surface area (Å²) in [4.78, 5) is 0. The Kier molecular flexibility index (Phi) is 7.75. The highest BCUT2D eigenvalue weighted by molar-refractivity contribution is 7.90. The van der Waals surface area contributed by atoms with Crippen LogP contribution >= 0.6 is 0 Å². The average Bonchev–Trinajstić information content (AvgIpc) is 2.31. The van der Waals surface area contributed by atoms with Gasteiger partial charge in [0.05, 0.1) is 6.10 Å². The van der Waals surface area contributed by atoms with E-state index in [1.165, 1.54) is 0 Å². The fourth-order valence-electron chi connectivity index (χ4n) is 1.63. The van der Waals surface area contributed by atoms with Gasteiger partial charge < -0.3 is 14.1 Å². The molecular formula is C15H33F2NO3SSi. The molecule has 0 aromatic rings. The fourth-order valence-corrected chi connectivity index (χ4v) is 3.99. The van der Waals surface area contributed by atoms with E-state index < -0.39 is 49.1 Å². The Morgan fingerprint density at radius 1 is 1.17 bits per heavy atom. The molecule has 0 aromatic carbocycles. The third kappa shape index (κ3) is 6.59. The predicted octanol–water partition coefficient (Wildman–Crippen LogP) is 3.44. The highest BCUT2D eigenvalue weighted by Crippen LogP contribution is 2.38. The number of hydrogen-bond acceptors (Lipinski definition) is 4. The summed E-state index contributed by atoms with van der Waals surface area (Å²) in [6, 6.07) is -1.53. The summed E-state index contributed by atoms with van der Waals surface area (Å²) in [6.45, 7) is 15.3. The second-order valence-corrected chi connectivity index (χ2v) is 15.2. The minimum Gasteiger partial charge on any atom is -0.598 e. The first kappa shape index (κ1) is 23.3. The van der Waals surface area contributed by atoms with E-state index in [4.69, 9.17) is 9.53 Å². The largest absolute Gasteiger partial charge is 0.598 e. The molecule has 0 aromatic heterocycles. The van der Waals surface area contributed by atoms with E-state index in [9.17, 15) is 13.3 Å². The molecule has 0 aliphatic carbocycles. The third-order valence-corrected chi connectivity index (χ3v) is 10.4. The van der Waals surface area contributed by atoms with Crippen LogP contribution in [0.3, 0.4) is 0 Å². The zero-order chi connectivity index (χ0) is 18.9. The molecule has 0 radical (unpaired) electrons. The molecule has 0 fully saturated rings. The summed E-state index contributed by atoms with van der Waals surface area (Å²) in [5, 5.41) is 8.92. The number of nitrogens with one attached hydrogen (secondary N) is 1. The van der Waals surface area contributed by atoms with Crippen LogP contribution < -0.4 is 4.72 Å². The van der Waals surface area contributed by atoms with Crippen molar-refractivity contribution in [2.24, 2.45) is 0 Å². The van der Waals surface area contributed by atoms with Gasteiger partial charge in [-0.2, -0.15) is 0 Å². The number of rotatable bonds is 7. The van der Waals surface area contributed by atoms with Gasteiger partial charge in [-0.15, -0.1) is 4.72 Å².